The number of benzene rings is 2. The zero-order chi connectivity index (χ0) is 14.1. The lowest BCUT2D eigenvalue weighted by molar-refractivity contribution is 0.0705. The standard InChI is InChI=1S/C17H17NO2/c1-18-16(12-7-9-14(20-2)10-8-12)11-13-5-3-4-6-15(13)17(18)19/h3-10,16H,11H2,1-2H3. The molecule has 1 atom stereocenters. The molecule has 1 heterocycles. The summed E-state index contributed by atoms with van der Waals surface area (Å²) >= 11 is 0. The Morgan fingerprint density at radius 1 is 1.10 bits per heavy atom. The van der Waals surface area contributed by atoms with Gasteiger partial charge in [-0.25, -0.2) is 0 Å². The molecular formula is C17H17NO2. The highest BCUT2D eigenvalue weighted by Gasteiger charge is 2.30. The van der Waals surface area contributed by atoms with Crippen LogP contribution in [-0.2, 0) is 6.42 Å². The van der Waals surface area contributed by atoms with Gasteiger partial charge < -0.3 is 9.64 Å². The summed E-state index contributed by atoms with van der Waals surface area (Å²) in [6.07, 6.45) is 0.852. The second kappa shape index (κ2) is 5.00. The minimum absolute atomic E-state index is 0.0864. The molecule has 0 saturated carbocycles. The number of ether oxygens (including phenoxy) is 1. The highest BCUT2D eigenvalue weighted by atomic mass is 16.5. The Balaban J connectivity index is 1.97. The molecule has 3 rings (SSSR count). The van der Waals surface area contributed by atoms with Crippen molar-refractivity contribution in [3.63, 3.8) is 0 Å². The largest absolute Gasteiger partial charge is 0.497 e. The van der Waals surface area contributed by atoms with Crippen molar-refractivity contribution in [1.82, 2.24) is 4.90 Å². The van der Waals surface area contributed by atoms with Crippen LogP contribution in [0.1, 0.15) is 27.5 Å². The molecule has 1 unspecified atom stereocenters. The molecule has 1 aliphatic rings. The molecule has 0 fully saturated rings. The van der Waals surface area contributed by atoms with E-state index in [1.807, 2.05) is 60.5 Å². The topological polar surface area (TPSA) is 29.5 Å². The summed E-state index contributed by atoms with van der Waals surface area (Å²) in [6.45, 7) is 0. The van der Waals surface area contributed by atoms with E-state index in [9.17, 15) is 4.79 Å². The van der Waals surface area contributed by atoms with E-state index >= 15 is 0 Å². The van der Waals surface area contributed by atoms with Crippen LogP contribution in [0.5, 0.6) is 5.75 Å². The highest BCUT2D eigenvalue weighted by molar-refractivity contribution is 5.97. The molecule has 3 heteroatoms. The van der Waals surface area contributed by atoms with E-state index in [1.54, 1.807) is 7.11 Å². The van der Waals surface area contributed by atoms with Gasteiger partial charge in [-0.15, -0.1) is 0 Å². The molecule has 0 radical (unpaired) electrons. The first-order valence-corrected chi connectivity index (χ1v) is 6.69. The van der Waals surface area contributed by atoms with Crippen LogP contribution in [0.25, 0.3) is 0 Å². The van der Waals surface area contributed by atoms with Crippen molar-refractivity contribution in [2.75, 3.05) is 14.2 Å². The molecule has 2 aromatic carbocycles. The summed E-state index contributed by atoms with van der Waals surface area (Å²) in [4.78, 5) is 14.2. The van der Waals surface area contributed by atoms with E-state index in [1.165, 1.54) is 0 Å². The lowest BCUT2D eigenvalue weighted by Gasteiger charge is -2.34. The number of nitrogens with zero attached hydrogens (tertiary/aromatic N) is 1. The number of hydrogen-bond donors (Lipinski definition) is 0. The van der Waals surface area contributed by atoms with Crippen molar-refractivity contribution in [2.24, 2.45) is 0 Å². The van der Waals surface area contributed by atoms with Crippen LogP contribution >= 0.6 is 0 Å². The summed E-state index contributed by atoms with van der Waals surface area (Å²) in [5, 5.41) is 0. The van der Waals surface area contributed by atoms with E-state index in [0.717, 1.165) is 28.9 Å². The van der Waals surface area contributed by atoms with Crippen molar-refractivity contribution >= 4 is 5.91 Å². The third kappa shape index (κ3) is 2.05. The number of hydrogen-bond acceptors (Lipinski definition) is 2. The van der Waals surface area contributed by atoms with Crippen LogP contribution < -0.4 is 4.74 Å². The number of carbonyl (C=O) groups excluding carboxylic acids is 1. The fraction of sp³-hybridized carbons (Fsp3) is 0.235. The fourth-order valence-electron chi connectivity index (χ4n) is 2.75. The third-order valence-corrected chi connectivity index (χ3v) is 3.95. The summed E-state index contributed by atoms with van der Waals surface area (Å²) < 4.78 is 5.18. The zero-order valence-electron chi connectivity index (χ0n) is 11.7. The molecule has 2 aromatic rings. The SMILES string of the molecule is COc1ccc(C2Cc3ccccc3C(=O)N2C)cc1. The third-order valence-electron chi connectivity index (χ3n) is 3.95. The average molecular weight is 267 g/mol. The summed E-state index contributed by atoms with van der Waals surface area (Å²) in [5.41, 5.74) is 3.08. The first-order valence-electron chi connectivity index (χ1n) is 6.69. The lowest BCUT2D eigenvalue weighted by atomic mass is 9.90. The summed E-state index contributed by atoms with van der Waals surface area (Å²) in [5.74, 6) is 0.923. The van der Waals surface area contributed by atoms with Gasteiger partial charge >= 0.3 is 0 Å². The molecule has 0 N–H and O–H groups in total. The lowest BCUT2D eigenvalue weighted by Crippen LogP contribution is -2.37. The van der Waals surface area contributed by atoms with Gasteiger partial charge in [0.15, 0.2) is 0 Å². The van der Waals surface area contributed by atoms with Gasteiger partial charge in [-0.2, -0.15) is 0 Å². The molecule has 0 spiro atoms. The normalized spacial score (nSPS) is 17.8. The predicted molar refractivity (Wildman–Crippen MR) is 78.0 cm³/mol. The minimum Gasteiger partial charge on any atom is -0.497 e. The van der Waals surface area contributed by atoms with E-state index in [0.29, 0.717) is 0 Å². The van der Waals surface area contributed by atoms with Crippen LogP contribution in [0.2, 0.25) is 0 Å². The number of rotatable bonds is 2. The van der Waals surface area contributed by atoms with E-state index < -0.39 is 0 Å². The maximum absolute atomic E-state index is 12.4. The Hall–Kier alpha value is -2.29. The first kappa shape index (κ1) is 12.7. The summed E-state index contributed by atoms with van der Waals surface area (Å²) in [6, 6.07) is 15.9. The van der Waals surface area contributed by atoms with Crippen molar-refractivity contribution in [3.05, 3.63) is 65.2 Å². The van der Waals surface area contributed by atoms with Gasteiger partial charge in [0.2, 0.25) is 0 Å². The molecule has 102 valence electrons. The first-order chi connectivity index (χ1) is 9.70. The van der Waals surface area contributed by atoms with Crippen LogP contribution in [0.3, 0.4) is 0 Å². The van der Waals surface area contributed by atoms with Gasteiger partial charge in [0.25, 0.3) is 5.91 Å². The molecular weight excluding hydrogens is 250 g/mol. The number of carbonyl (C=O) groups is 1. The van der Waals surface area contributed by atoms with Crippen LogP contribution in [0.15, 0.2) is 48.5 Å². The Bertz CT molecular complexity index is 634. The van der Waals surface area contributed by atoms with Crippen LogP contribution in [-0.4, -0.2) is 25.0 Å². The number of amides is 1. The van der Waals surface area contributed by atoms with E-state index in [-0.39, 0.29) is 11.9 Å². The monoisotopic (exact) mass is 267 g/mol. The van der Waals surface area contributed by atoms with Gasteiger partial charge in [-0.3, -0.25) is 4.79 Å². The van der Waals surface area contributed by atoms with Gasteiger partial charge in [0.1, 0.15) is 5.75 Å². The Morgan fingerprint density at radius 3 is 2.50 bits per heavy atom. The zero-order valence-corrected chi connectivity index (χ0v) is 11.7. The summed E-state index contributed by atoms with van der Waals surface area (Å²) in [7, 11) is 3.52. The molecule has 0 bridgehead atoms. The van der Waals surface area contributed by atoms with Crippen molar-refractivity contribution in [3.8, 4) is 5.75 Å². The maximum Gasteiger partial charge on any atom is 0.254 e. The maximum atomic E-state index is 12.4. The van der Waals surface area contributed by atoms with Crippen LogP contribution in [0, 0.1) is 0 Å². The van der Waals surface area contributed by atoms with Gasteiger partial charge in [0.05, 0.1) is 13.2 Å². The highest BCUT2D eigenvalue weighted by Crippen LogP contribution is 2.32. The van der Waals surface area contributed by atoms with E-state index in [4.69, 9.17) is 4.74 Å². The molecule has 1 amide bonds. The van der Waals surface area contributed by atoms with Crippen molar-refractivity contribution in [1.29, 1.82) is 0 Å². The minimum atomic E-state index is 0.0864. The Kier molecular flexibility index (Phi) is 3.18. The quantitative estimate of drug-likeness (QED) is 0.837. The molecule has 20 heavy (non-hydrogen) atoms. The second-order valence-corrected chi connectivity index (χ2v) is 5.07. The van der Waals surface area contributed by atoms with Gasteiger partial charge in [0, 0.05) is 12.6 Å². The Morgan fingerprint density at radius 2 is 1.80 bits per heavy atom. The van der Waals surface area contributed by atoms with Crippen molar-refractivity contribution < 1.29 is 9.53 Å². The molecule has 3 nitrogen and oxygen atoms in total. The number of methoxy groups -OCH3 is 1. The molecule has 0 aromatic heterocycles. The average Bonchev–Trinajstić information content (AvgIpc) is 2.51. The fourth-order valence-corrected chi connectivity index (χ4v) is 2.75. The smallest absolute Gasteiger partial charge is 0.254 e. The van der Waals surface area contributed by atoms with Crippen LogP contribution in [0.4, 0.5) is 0 Å². The van der Waals surface area contributed by atoms with Crippen molar-refractivity contribution in [2.45, 2.75) is 12.5 Å². The predicted octanol–water partition coefficient (Wildman–Crippen LogP) is 3.06. The molecule has 0 aliphatic carbocycles. The van der Waals surface area contributed by atoms with Gasteiger partial charge in [-0.05, 0) is 35.7 Å². The number of fused-ring (bicyclic) bond motifs is 1. The molecule has 0 saturated heterocycles. The Labute approximate surface area is 118 Å². The number of likely N-dealkylation sites (N-methyl/N-ethyl adjacent to an activating group) is 1. The van der Waals surface area contributed by atoms with Gasteiger partial charge in [-0.1, -0.05) is 30.3 Å². The van der Waals surface area contributed by atoms with E-state index in [2.05, 4.69) is 0 Å². The second-order valence-electron chi connectivity index (χ2n) is 5.07. The molecule has 1 aliphatic heterocycles.